The maximum absolute atomic E-state index is 15.1. The average molecular weight is 760 g/mol. The molecule has 54 heavy (non-hydrogen) atoms. The van der Waals surface area contributed by atoms with Gasteiger partial charge in [-0.2, -0.15) is 13.2 Å². The van der Waals surface area contributed by atoms with Crippen LogP contribution >= 0.6 is 11.6 Å². The molecule has 2 amide bonds. The summed E-state index contributed by atoms with van der Waals surface area (Å²) in [5.74, 6) is 0.210. The van der Waals surface area contributed by atoms with Crippen LogP contribution < -0.4 is 31.6 Å². The Balaban J connectivity index is 1.16. The highest BCUT2D eigenvalue weighted by atomic mass is 35.5. The molecule has 0 unspecified atom stereocenters. The van der Waals surface area contributed by atoms with Crippen molar-refractivity contribution in [3.8, 4) is 39.4 Å². The van der Waals surface area contributed by atoms with E-state index < -0.39 is 11.7 Å². The van der Waals surface area contributed by atoms with Crippen molar-refractivity contribution in [3.63, 3.8) is 0 Å². The van der Waals surface area contributed by atoms with Crippen LogP contribution in [0.2, 0.25) is 5.02 Å². The molecule has 2 fully saturated rings. The van der Waals surface area contributed by atoms with Crippen molar-refractivity contribution in [2.75, 3.05) is 20.2 Å². The molecular weight excluding hydrogens is 723 g/mol. The molecule has 15 heteroatoms. The number of aromatic nitrogens is 3. The van der Waals surface area contributed by atoms with Gasteiger partial charge in [0.15, 0.2) is 0 Å². The lowest BCUT2D eigenvalue weighted by molar-refractivity contribution is -0.136. The lowest BCUT2D eigenvalue weighted by Crippen LogP contribution is -2.36. The summed E-state index contributed by atoms with van der Waals surface area (Å²) in [6.45, 7) is 1.67. The average Bonchev–Trinajstić information content (AvgIpc) is 3.78. The number of pyridine rings is 2. The molecule has 0 radical (unpaired) electrons. The zero-order valence-electron chi connectivity index (χ0n) is 29.2. The Morgan fingerprint density at radius 1 is 0.852 bits per heavy atom. The zero-order chi connectivity index (χ0) is 38.0. The standard InChI is InChI=1S/C39H37ClF3N7O4/c1-54-37-23(17-44-20-25-9-12-33(51)47-25)8-11-31(49-37)30-7-3-5-28(35(30)39(41,42)43)29-6-2-4-27(36(29)40)22-14-15-50-32(16-22)46-19-24(38(50)53)18-45-21-26-10-13-34(52)48-26/h2-8,11,14-16,19,25-26,44-45H,9-10,12-13,17-18,20-21H2,1H3,(H,47,51)(H,48,52)/t25-,26-/m1/s1. The van der Waals surface area contributed by atoms with Gasteiger partial charge in [0.2, 0.25) is 17.7 Å². The van der Waals surface area contributed by atoms with Gasteiger partial charge >= 0.3 is 6.18 Å². The smallest absolute Gasteiger partial charge is 0.417 e. The van der Waals surface area contributed by atoms with Crippen LogP contribution in [-0.2, 0) is 28.9 Å². The van der Waals surface area contributed by atoms with Gasteiger partial charge in [-0.25, -0.2) is 9.97 Å². The van der Waals surface area contributed by atoms with Gasteiger partial charge in [0.05, 0.1) is 23.4 Å². The van der Waals surface area contributed by atoms with Crippen LogP contribution in [0.1, 0.15) is 42.4 Å². The molecule has 2 atom stereocenters. The van der Waals surface area contributed by atoms with Crippen molar-refractivity contribution in [1.82, 2.24) is 35.6 Å². The minimum absolute atomic E-state index is 0.0119. The molecule has 2 aliphatic rings. The van der Waals surface area contributed by atoms with Crippen molar-refractivity contribution >= 4 is 29.1 Å². The number of benzene rings is 2. The zero-order valence-corrected chi connectivity index (χ0v) is 30.0. The van der Waals surface area contributed by atoms with Crippen LogP contribution in [-0.4, -0.2) is 58.5 Å². The van der Waals surface area contributed by atoms with Crippen LogP contribution in [0.4, 0.5) is 13.2 Å². The molecule has 11 nitrogen and oxygen atoms in total. The molecule has 2 saturated heterocycles. The van der Waals surface area contributed by atoms with Crippen LogP contribution in [0.15, 0.2) is 77.9 Å². The molecule has 4 N–H and O–H groups in total. The monoisotopic (exact) mass is 759 g/mol. The summed E-state index contributed by atoms with van der Waals surface area (Å²) < 4.78 is 52.0. The van der Waals surface area contributed by atoms with Gasteiger partial charge in [-0.05, 0) is 42.2 Å². The molecule has 280 valence electrons. The van der Waals surface area contributed by atoms with E-state index in [1.54, 1.807) is 36.5 Å². The highest BCUT2D eigenvalue weighted by molar-refractivity contribution is 6.36. The first-order valence-corrected chi connectivity index (χ1v) is 17.9. The molecular formula is C39H37ClF3N7O4. The minimum Gasteiger partial charge on any atom is -0.481 e. The van der Waals surface area contributed by atoms with Gasteiger partial charge in [-0.3, -0.25) is 18.8 Å². The Kier molecular flexibility index (Phi) is 10.7. The Morgan fingerprint density at radius 2 is 1.48 bits per heavy atom. The van der Waals surface area contributed by atoms with E-state index >= 15 is 13.2 Å². The fourth-order valence-electron chi connectivity index (χ4n) is 7.01. The van der Waals surface area contributed by atoms with E-state index in [2.05, 4.69) is 31.2 Å². The molecule has 2 aliphatic heterocycles. The molecule has 0 aliphatic carbocycles. The second-order valence-electron chi connectivity index (χ2n) is 13.4. The number of nitrogens with one attached hydrogen (secondary N) is 4. The molecule has 3 aromatic heterocycles. The lowest BCUT2D eigenvalue weighted by atomic mass is 9.91. The first-order chi connectivity index (χ1) is 26.0. The predicted octanol–water partition coefficient (Wildman–Crippen LogP) is 5.51. The normalized spacial score (nSPS) is 17.2. The summed E-state index contributed by atoms with van der Waals surface area (Å²) in [5, 5.41) is 12.3. The molecule has 5 heterocycles. The molecule has 0 spiro atoms. The Hall–Kier alpha value is -5.31. The highest BCUT2D eigenvalue weighted by Crippen LogP contribution is 2.46. The minimum atomic E-state index is -4.78. The quantitative estimate of drug-likeness (QED) is 0.131. The highest BCUT2D eigenvalue weighted by Gasteiger charge is 2.38. The molecule has 2 aromatic carbocycles. The third-order valence-electron chi connectivity index (χ3n) is 9.72. The third kappa shape index (κ3) is 7.81. The predicted molar refractivity (Wildman–Crippen MR) is 198 cm³/mol. The molecule has 0 saturated carbocycles. The number of hydrogen-bond donors (Lipinski definition) is 4. The summed E-state index contributed by atoms with van der Waals surface area (Å²) in [7, 11) is 1.41. The van der Waals surface area contributed by atoms with E-state index in [1.807, 2.05) is 0 Å². The Labute approximate surface area is 313 Å². The van der Waals surface area contributed by atoms with E-state index in [0.29, 0.717) is 60.4 Å². The second-order valence-corrected chi connectivity index (χ2v) is 13.7. The van der Waals surface area contributed by atoms with Gasteiger partial charge in [0.25, 0.3) is 5.56 Å². The molecule has 0 bridgehead atoms. The number of carbonyl (C=O) groups is 2. The maximum atomic E-state index is 15.1. The van der Waals surface area contributed by atoms with Crippen LogP contribution in [0.25, 0.3) is 39.2 Å². The first kappa shape index (κ1) is 37.0. The van der Waals surface area contributed by atoms with Crippen LogP contribution in [0, 0.1) is 0 Å². The largest absolute Gasteiger partial charge is 0.481 e. The number of methoxy groups -OCH3 is 1. The van der Waals surface area contributed by atoms with Crippen molar-refractivity contribution in [2.45, 2.75) is 57.0 Å². The number of hydrogen-bond acceptors (Lipinski definition) is 8. The summed E-state index contributed by atoms with van der Waals surface area (Å²) in [6, 6.07) is 15.7. The number of fused-ring (bicyclic) bond motifs is 1. The number of alkyl halides is 3. The third-order valence-corrected chi connectivity index (χ3v) is 10.1. The first-order valence-electron chi connectivity index (χ1n) is 17.5. The topological polar surface area (TPSA) is 139 Å². The maximum Gasteiger partial charge on any atom is 0.417 e. The van der Waals surface area contributed by atoms with Crippen molar-refractivity contribution in [3.05, 3.63) is 105 Å². The van der Waals surface area contributed by atoms with Gasteiger partial charge < -0.3 is 26.0 Å². The van der Waals surface area contributed by atoms with Crippen LogP contribution in [0.3, 0.4) is 0 Å². The van der Waals surface area contributed by atoms with Crippen molar-refractivity contribution in [2.24, 2.45) is 0 Å². The van der Waals surface area contributed by atoms with E-state index in [0.717, 1.165) is 12.8 Å². The number of halogens is 4. The Morgan fingerprint density at radius 3 is 2.11 bits per heavy atom. The summed E-state index contributed by atoms with van der Waals surface area (Å²) in [5.41, 5.74) is 1.27. The Bertz CT molecular complexity index is 2300. The fraction of sp³-hybridized carbons (Fsp3) is 0.308. The van der Waals surface area contributed by atoms with Crippen molar-refractivity contribution < 1.29 is 27.5 Å². The number of rotatable bonds is 12. The summed E-state index contributed by atoms with van der Waals surface area (Å²) >= 11 is 6.94. The van der Waals surface area contributed by atoms with E-state index in [4.69, 9.17) is 16.3 Å². The van der Waals surface area contributed by atoms with Gasteiger partial charge in [0.1, 0.15) is 5.65 Å². The number of amides is 2. The fourth-order valence-corrected chi connectivity index (χ4v) is 7.35. The van der Waals surface area contributed by atoms with E-state index in [9.17, 15) is 14.4 Å². The second kappa shape index (κ2) is 15.6. The van der Waals surface area contributed by atoms with Gasteiger partial charge in [-0.15, -0.1) is 0 Å². The lowest BCUT2D eigenvalue weighted by Gasteiger charge is -2.20. The molecule has 5 aromatic rings. The van der Waals surface area contributed by atoms with Gasteiger partial charge in [-0.1, -0.05) is 54.1 Å². The number of nitrogens with zero attached hydrogens (tertiary/aromatic N) is 3. The number of carbonyl (C=O) groups excluding carboxylic acids is 2. The summed E-state index contributed by atoms with van der Waals surface area (Å²) in [6.07, 6.45) is 0.715. The van der Waals surface area contributed by atoms with E-state index in [1.165, 1.54) is 48.0 Å². The summed E-state index contributed by atoms with van der Waals surface area (Å²) in [4.78, 5) is 45.2. The van der Waals surface area contributed by atoms with E-state index in [-0.39, 0.29) is 69.3 Å². The van der Waals surface area contributed by atoms with Crippen LogP contribution in [0.5, 0.6) is 5.88 Å². The number of ether oxygens (including phenoxy) is 1. The van der Waals surface area contributed by atoms with Gasteiger partial charge in [0, 0.05) is 91.3 Å². The van der Waals surface area contributed by atoms with Crippen molar-refractivity contribution in [1.29, 1.82) is 0 Å². The molecule has 7 rings (SSSR count). The SMILES string of the molecule is COc1nc(-c2cccc(-c3cccc(-c4ccn5c(=O)c(CNC[C@H]6CCC(=O)N6)cnc5c4)c3Cl)c2C(F)(F)F)ccc1CNC[C@H]1CCC(=O)N1.